The van der Waals surface area contributed by atoms with Crippen molar-refractivity contribution in [2.45, 2.75) is 57.5 Å². The Kier molecular flexibility index (Phi) is 8.59. The van der Waals surface area contributed by atoms with Crippen molar-refractivity contribution in [1.82, 2.24) is 9.97 Å². The van der Waals surface area contributed by atoms with Crippen LogP contribution in [0.15, 0.2) is 29.3 Å². The molecule has 3 aromatic rings. The van der Waals surface area contributed by atoms with Gasteiger partial charge in [-0.15, -0.1) is 0 Å². The van der Waals surface area contributed by atoms with Crippen molar-refractivity contribution in [3.63, 3.8) is 0 Å². The van der Waals surface area contributed by atoms with Gasteiger partial charge in [-0.05, 0) is 57.4 Å². The number of nitrogens with one attached hydrogen (secondary N) is 2. The lowest BCUT2D eigenvalue weighted by atomic mass is 10.1. The molecule has 1 fully saturated rings. The Morgan fingerprint density at radius 1 is 1.10 bits per heavy atom. The third kappa shape index (κ3) is 6.62. The number of esters is 1. The molecule has 2 heterocycles. The van der Waals surface area contributed by atoms with Crippen molar-refractivity contribution in [2.24, 2.45) is 5.92 Å². The fraction of sp³-hybridized carbons (Fsp3) is 0.385. The summed E-state index contributed by atoms with van der Waals surface area (Å²) in [4.78, 5) is 32.6. The molecule has 0 aliphatic heterocycles. The second kappa shape index (κ2) is 11.6. The first-order chi connectivity index (χ1) is 19.2. The van der Waals surface area contributed by atoms with Crippen molar-refractivity contribution < 1.29 is 40.7 Å². The maximum atomic E-state index is 13.5. The second-order valence-electron chi connectivity index (χ2n) is 9.47. The van der Waals surface area contributed by atoms with E-state index in [1.807, 2.05) is 0 Å². The summed E-state index contributed by atoms with van der Waals surface area (Å²) in [5, 5.41) is 3.25. The molecule has 220 valence electrons. The first-order valence-electron chi connectivity index (χ1n) is 12.5. The summed E-state index contributed by atoms with van der Waals surface area (Å²) in [6.07, 6.45) is -0.465. The molecule has 0 atom stereocenters. The molecule has 0 radical (unpaired) electrons. The lowest BCUT2D eigenvalue weighted by molar-refractivity contribution is -0.189. The normalized spacial score (nSPS) is 14.1. The molecule has 41 heavy (non-hydrogen) atoms. The molecule has 4 rings (SSSR count). The maximum Gasteiger partial charge on any atom is 0.491 e. The Hall–Kier alpha value is -3.72. The van der Waals surface area contributed by atoms with E-state index in [0.29, 0.717) is 21.3 Å². The van der Waals surface area contributed by atoms with Gasteiger partial charge in [0.2, 0.25) is 5.91 Å². The highest BCUT2D eigenvalue weighted by Gasteiger charge is 2.42. The van der Waals surface area contributed by atoms with Gasteiger partial charge >= 0.3 is 12.1 Å². The number of aromatic nitrogens is 2. The Bertz CT molecular complexity index is 1600. The van der Waals surface area contributed by atoms with E-state index in [9.17, 15) is 31.2 Å². The molecule has 1 aliphatic carbocycles. The number of methoxy groups -OCH3 is 1. The van der Waals surface area contributed by atoms with Gasteiger partial charge in [-0.1, -0.05) is 24.2 Å². The minimum atomic E-state index is -5.25. The smallest absolute Gasteiger partial charge is 0.491 e. The Morgan fingerprint density at radius 3 is 2.41 bits per heavy atom. The van der Waals surface area contributed by atoms with Gasteiger partial charge < -0.3 is 14.8 Å². The lowest BCUT2D eigenvalue weighted by Crippen LogP contribution is -2.28. The number of rotatable bonds is 8. The number of carbonyl (C=O) groups is 2. The van der Waals surface area contributed by atoms with Crippen LogP contribution in [-0.2, 0) is 19.6 Å². The Labute approximate surface area is 238 Å². The average molecular weight is 613 g/mol. The number of hydrogen-bond donors (Lipinski definition) is 2. The number of sulfonamides is 1. The van der Waals surface area contributed by atoms with E-state index in [4.69, 9.17) is 4.74 Å². The molecule has 1 saturated carbocycles. The van der Waals surface area contributed by atoms with Crippen molar-refractivity contribution in [3.8, 4) is 21.9 Å². The Morgan fingerprint density at radius 2 is 1.78 bits per heavy atom. The van der Waals surface area contributed by atoms with Crippen LogP contribution in [-0.4, -0.2) is 43.5 Å². The van der Waals surface area contributed by atoms with Gasteiger partial charge in [-0.25, -0.2) is 18.2 Å². The molecule has 15 heteroatoms. The van der Waals surface area contributed by atoms with Crippen molar-refractivity contribution in [2.75, 3.05) is 17.1 Å². The van der Waals surface area contributed by atoms with Gasteiger partial charge in [-0.2, -0.15) is 13.2 Å². The summed E-state index contributed by atoms with van der Waals surface area (Å²) in [5.74, 6) is -3.12. The van der Waals surface area contributed by atoms with E-state index in [2.05, 4.69) is 24.7 Å². The van der Waals surface area contributed by atoms with E-state index in [-0.39, 0.29) is 39.4 Å². The third-order valence-electron chi connectivity index (χ3n) is 6.60. The molecule has 0 saturated heterocycles. The molecule has 1 amide bonds. The largest absolute Gasteiger partial charge is 0.495 e. The van der Waals surface area contributed by atoms with Gasteiger partial charge in [-0.3, -0.25) is 14.5 Å². The molecule has 2 N–H and O–H groups in total. The highest BCUT2D eigenvalue weighted by molar-refractivity contribution is 7.92. The summed E-state index contributed by atoms with van der Waals surface area (Å²) in [6, 6.07) is 4.47. The number of pyridine rings is 1. The zero-order valence-corrected chi connectivity index (χ0v) is 24.1. The van der Waals surface area contributed by atoms with E-state index < -0.39 is 27.9 Å². The number of thiazole rings is 1. The molecule has 10 nitrogen and oxygen atoms in total. The van der Waals surface area contributed by atoms with E-state index in [1.54, 1.807) is 13.0 Å². The predicted octanol–water partition coefficient (Wildman–Crippen LogP) is 5.54. The number of benzene rings is 1. The summed E-state index contributed by atoms with van der Waals surface area (Å²) in [5.41, 5.74) is 0.752. The number of ether oxygens (including phenoxy) is 2. The molecular formula is C26H27F3N4O6S2. The fourth-order valence-electron chi connectivity index (χ4n) is 4.46. The molecule has 1 aromatic carbocycles. The first-order valence-corrected chi connectivity index (χ1v) is 14.8. The molecule has 0 bridgehead atoms. The summed E-state index contributed by atoms with van der Waals surface area (Å²) < 4.78 is 77.4. The van der Waals surface area contributed by atoms with Crippen LogP contribution in [0, 0.1) is 26.7 Å². The minimum Gasteiger partial charge on any atom is -0.495 e. The monoisotopic (exact) mass is 612 g/mol. The lowest BCUT2D eigenvalue weighted by Gasteiger charge is -2.17. The molecule has 0 unspecified atom stereocenters. The average Bonchev–Trinajstić information content (AvgIpc) is 3.57. The number of carbonyl (C=O) groups excluding carboxylic acids is 2. The number of aryl methyl sites for hydroxylation is 2. The van der Waals surface area contributed by atoms with Crippen LogP contribution in [0.3, 0.4) is 0 Å². The molecule has 0 spiro atoms. The number of hydrogen-bond acceptors (Lipinski definition) is 9. The van der Waals surface area contributed by atoms with Crippen LogP contribution in [0.2, 0.25) is 0 Å². The number of amides is 1. The van der Waals surface area contributed by atoms with Gasteiger partial charge in [0.1, 0.15) is 10.6 Å². The quantitative estimate of drug-likeness (QED) is 0.317. The Balaban J connectivity index is 1.65. The van der Waals surface area contributed by atoms with Crippen molar-refractivity contribution >= 4 is 44.1 Å². The summed E-state index contributed by atoms with van der Waals surface area (Å²) >= 11 is 1.20. The number of anilines is 2. The van der Waals surface area contributed by atoms with Gasteiger partial charge in [0.05, 0.1) is 35.3 Å². The zero-order valence-electron chi connectivity index (χ0n) is 22.5. The van der Waals surface area contributed by atoms with E-state index >= 15 is 0 Å². The topological polar surface area (TPSA) is 137 Å². The van der Waals surface area contributed by atoms with E-state index in [0.717, 1.165) is 31.9 Å². The second-order valence-corrected chi connectivity index (χ2v) is 12.1. The third-order valence-corrected chi connectivity index (χ3v) is 9.11. The standard InChI is InChI=1S/C26H27F3N4O6S2/c1-13-18(12-30-14(2)21(13)39-24(35)26(27,28)29)33-41(36,37)20-11-17(9-10-19(20)38-4)22-15(3)31-25(40-22)32-23(34)16-7-5-6-8-16/h9-12,16,33H,5-8H2,1-4H3,(H,31,32,34). The van der Waals surface area contributed by atoms with Crippen LogP contribution in [0.1, 0.15) is 42.6 Å². The van der Waals surface area contributed by atoms with Gasteiger partial charge in [0, 0.05) is 11.5 Å². The highest BCUT2D eigenvalue weighted by Crippen LogP contribution is 2.38. The van der Waals surface area contributed by atoms with Gasteiger partial charge in [0.15, 0.2) is 10.9 Å². The predicted molar refractivity (Wildman–Crippen MR) is 146 cm³/mol. The van der Waals surface area contributed by atoms with Gasteiger partial charge in [0.25, 0.3) is 10.0 Å². The SMILES string of the molecule is COc1ccc(-c2sc(NC(=O)C3CCCC3)nc2C)cc1S(=O)(=O)Nc1cnc(C)c(OC(=O)C(F)(F)F)c1C. The maximum absolute atomic E-state index is 13.5. The van der Waals surface area contributed by atoms with Crippen LogP contribution < -0.4 is 19.5 Å². The van der Waals surface area contributed by atoms with Crippen molar-refractivity contribution in [1.29, 1.82) is 0 Å². The van der Waals surface area contributed by atoms with E-state index in [1.165, 1.54) is 44.4 Å². The number of alkyl halides is 3. The van der Waals surface area contributed by atoms with Crippen molar-refractivity contribution in [3.05, 3.63) is 41.3 Å². The number of halogens is 3. The fourth-order valence-corrected chi connectivity index (χ4v) is 6.72. The zero-order chi connectivity index (χ0) is 30.1. The van der Waals surface area contributed by atoms with Crippen LogP contribution >= 0.6 is 11.3 Å². The first kappa shape index (κ1) is 30.2. The molecule has 2 aromatic heterocycles. The summed E-state index contributed by atoms with van der Waals surface area (Å²) in [6.45, 7) is 4.35. The summed E-state index contributed by atoms with van der Waals surface area (Å²) in [7, 11) is -3.11. The van der Waals surface area contributed by atoms with Crippen LogP contribution in [0.4, 0.5) is 24.0 Å². The minimum absolute atomic E-state index is 0.000348. The van der Waals surface area contributed by atoms with Crippen LogP contribution in [0.25, 0.3) is 10.4 Å². The highest BCUT2D eigenvalue weighted by atomic mass is 32.2. The van der Waals surface area contributed by atoms with Crippen LogP contribution in [0.5, 0.6) is 11.5 Å². The number of nitrogens with zero attached hydrogens (tertiary/aromatic N) is 2. The molecule has 1 aliphatic rings. The molecular weight excluding hydrogens is 585 g/mol.